The molecule has 0 aliphatic carbocycles. The predicted octanol–water partition coefficient (Wildman–Crippen LogP) is 5.67. The Bertz CT molecular complexity index is 1870. The molecule has 184 valence electrons. The Hall–Kier alpha value is -4.34. The van der Waals surface area contributed by atoms with E-state index in [-0.39, 0.29) is 5.82 Å². The molecule has 0 amide bonds. The molecule has 0 radical (unpaired) electrons. The fourth-order valence-corrected chi connectivity index (χ4v) is 4.89. The molecule has 5 aromatic heterocycles. The highest BCUT2D eigenvalue weighted by Crippen LogP contribution is 2.35. The number of hydrogen-bond donors (Lipinski definition) is 3. The topological polar surface area (TPSA) is 95.2 Å². The molecule has 0 atom stereocenters. The van der Waals surface area contributed by atoms with Gasteiger partial charge in [-0.05, 0) is 59.8 Å². The first kappa shape index (κ1) is 23.1. The van der Waals surface area contributed by atoms with Crippen molar-refractivity contribution in [3.8, 4) is 33.8 Å². The van der Waals surface area contributed by atoms with E-state index in [1.165, 1.54) is 12.1 Å². The lowest BCUT2D eigenvalue weighted by Crippen LogP contribution is -2.08. The van der Waals surface area contributed by atoms with Gasteiger partial charge in [0.25, 0.3) is 0 Å². The van der Waals surface area contributed by atoms with Crippen molar-refractivity contribution in [3.05, 3.63) is 84.8 Å². The first-order valence-corrected chi connectivity index (χ1v) is 13.9. The summed E-state index contributed by atoms with van der Waals surface area (Å²) in [6.45, 7) is 0.485. The lowest BCUT2D eigenvalue weighted by atomic mass is 10.0. The van der Waals surface area contributed by atoms with Crippen LogP contribution in [0.3, 0.4) is 0 Å². The zero-order chi connectivity index (χ0) is 25.6. The molecule has 6 aromatic rings. The number of nitrogens with one attached hydrogen (secondary N) is 3. The van der Waals surface area contributed by atoms with Gasteiger partial charge >= 0.3 is 0 Å². The molecular formula is C28H24FN7S. The number of halogens is 1. The number of benzene rings is 1. The number of pyridine rings is 3. The van der Waals surface area contributed by atoms with E-state index in [9.17, 15) is 4.39 Å². The van der Waals surface area contributed by atoms with Gasteiger partial charge in [0.05, 0.1) is 34.8 Å². The summed E-state index contributed by atoms with van der Waals surface area (Å²) in [5, 5.41) is 9.51. The van der Waals surface area contributed by atoms with Crippen LogP contribution in [0, 0.1) is 5.82 Å². The highest BCUT2D eigenvalue weighted by atomic mass is 32.2. The summed E-state index contributed by atoms with van der Waals surface area (Å²) in [4.78, 5) is 16.5. The van der Waals surface area contributed by atoms with E-state index in [1.54, 1.807) is 31.0 Å². The molecule has 0 aliphatic rings. The summed E-state index contributed by atoms with van der Waals surface area (Å²) in [5.74, 6) is 7.77. The molecule has 6 rings (SSSR count). The predicted molar refractivity (Wildman–Crippen MR) is 152 cm³/mol. The number of H-pyrrole nitrogens is 2. The van der Waals surface area contributed by atoms with Crippen molar-refractivity contribution in [2.24, 2.45) is 0 Å². The molecule has 5 heterocycles. The third-order valence-corrected chi connectivity index (χ3v) is 6.96. The largest absolute Gasteiger partial charge is 0.352 e. The molecule has 0 fully saturated rings. The van der Waals surface area contributed by atoms with Gasteiger partial charge in [-0.3, -0.25) is 24.8 Å². The zero-order valence-electron chi connectivity index (χ0n) is 20.1. The number of rotatable bonds is 6. The highest BCUT2D eigenvalue weighted by Gasteiger charge is 2.16. The number of hydrogen-bond acceptors (Lipinski definition) is 5. The van der Waals surface area contributed by atoms with Gasteiger partial charge in [-0.25, -0.2) is 4.39 Å². The fraction of sp³-hybridized carbons (Fsp3) is 0.0714. The average molecular weight is 510 g/mol. The van der Waals surface area contributed by atoms with Crippen LogP contribution in [0.2, 0.25) is 0 Å². The second kappa shape index (κ2) is 8.95. The maximum absolute atomic E-state index is 14.6. The average Bonchev–Trinajstić information content (AvgIpc) is 3.51. The van der Waals surface area contributed by atoms with Crippen molar-refractivity contribution in [1.82, 2.24) is 34.9 Å². The summed E-state index contributed by atoms with van der Waals surface area (Å²) >= 11 is 0. The van der Waals surface area contributed by atoms with Crippen LogP contribution in [0.25, 0.3) is 55.6 Å². The van der Waals surface area contributed by atoms with Crippen molar-refractivity contribution >= 4 is 42.9 Å². The van der Waals surface area contributed by atoms with Crippen molar-refractivity contribution in [2.75, 3.05) is 6.26 Å². The van der Waals surface area contributed by atoms with Crippen LogP contribution in [-0.4, -0.2) is 48.1 Å². The van der Waals surface area contributed by atoms with Crippen LogP contribution in [-0.2, 0) is 6.54 Å². The molecule has 0 unspecified atom stereocenters. The molecule has 3 N–H and O–H groups in total. The Labute approximate surface area is 213 Å². The van der Waals surface area contributed by atoms with Gasteiger partial charge in [-0.15, -0.1) is 0 Å². The van der Waals surface area contributed by atoms with Crippen molar-refractivity contribution < 1.29 is 4.39 Å². The summed E-state index contributed by atoms with van der Waals surface area (Å²) in [7, 11) is -1.42. The standard InChI is InChI=1S/C28H24FN7S/c1-37(2,3)33-13-17-8-19(10-20(29)9-17)23-14-31-15-26-21(23)11-25(34-26)28-22-12-24(18-4-6-30-7-5-18)32-16-27(22)35-36-28/h4-12,14-16,33-34H,1-2,13H2,3H3,(H,35,36). The Morgan fingerprint density at radius 3 is 2.57 bits per heavy atom. The molecule has 0 aliphatic heterocycles. The van der Waals surface area contributed by atoms with Crippen LogP contribution >= 0.6 is 9.39 Å². The third-order valence-electron chi connectivity index (χ3n) is 6.12. The van der Waals surface area contributed by atoms with E-state index in [2.05, 4.69) is 46.6 Å². The first-order chi connectivity index (χ1) is 17.8. The van der Waals surface area contributed by atoms with Crippen LogP contribution < -0.4 is 4.72 Å². The lowest BCUT2D eigenvalue weighted by molar-refractivity contribution is 0.625. The summed E-state index contributed by atoms with van der Waals surface area (Å²) < 4.78 is 17.9. The second-order valence-corrected chi connectivity index (χ2v) is 12.0. The molecule has 7 nitrogen and oxygen atoms in total. The Morgan fingerprint density at radius 2 is 1.76 bits per heavy atom. The zero-order valence-corrected chi connectivity index (χ0v) is 20.9. The molecule has 0 saturated carbocycles. The van der Waals surface area contributed by atoms with Crippen LogP contribution in [0.1, 0.15) is 5.56 Å². The van der Waals surface area contributed by atoms with Gasteiger partial charge in [-0.1, -0.05) is 11.7 Å². The van der Waals surface area contributed by atoms with E-state index < -0.39 is 9.39 Å². The minimum atomic E-state index is -1.42. The minimum Gasteiger partial charge on any atom is -0.352 e. The quantitative estimate of drug-likeness (QED) is 0.251. The van der Waals surface area contributed by atoms with E-state index in [0.717, 1.165) is 61.1 Å². The van der Waals surface area contributed by atoms with E-state index in [4.69, 9.17) is 0 Å². The highest BCUT2D eigenvalue weighted by molar-refractivity contribution is 8.25. The van der Waals surface area contributed by atoms with Crippen LogP contribution in [0.15, 0.2) is 73.4 Å². The first-order valence-electron chi connectivity index (χ1n) is 11.5. The number of aromatic amines is 2. The molecule has 37 heavy (non-hydrogen) atoms. The van der Waals surface area contributed by atoms with Gasteiger partial charge in [-0.2, -0.15) is 14.5 Å². The van der Waals surface area contributed by atoms with Gasteiger partial charge in [0.1, 0.15) is 11.5 Å². The molecular weight excluding hydrogens is 485 g/mol. The number of aromatic nitrogens is 6. The monoisotopic (exact) mass is 509 g/mol. The third kappa shape index (κ3) is 4.62. The van der Waals surface area contributed by atoms with Crippen molar-refractivity contribution in [1.29, 1.82) is 0 Å². The molecule has 1 aromatic carbocycles. The number of fused-ring (bicyclic) bond motifs is 2. The second-order valence-electron chi connectivity index (χ2n) is 9.20. The maximum atomic E-state index is 14.6. The van der Waals surface area contributed by atoms with Crippen LogP contribution in [0.5, 0.6) is 0 Å². The Morgan fingerprint density at radius 1 is 0.919 bits per heavy atom. The minimum absolute atomic E-state index is 0.304. The summed E-state index contributed by atoms with van der Waals surface area (Å²) in [6, 6.07) is 12.9. The molecule has 0 saturated heterocycles. The Kier molecular flexibility index (Phi) is 5.58. The summed E-state index contributed by atoms with van der Waals surface area (Å²) in [5.41, 5.74) is 7.48. The SMILES string of the molecule is C=S(=C)(C)NCc1cc(F)cc(-c2cncc3[nH]c(-c4n[nH]c5cnc(-c6ccncc6)cc45)cc23)c1. The van der Waals surface area contributed by atoms with Crippen LogP contribution in [0.4, 0.5) is 4.39 Å². The maximum Gasteiger partial charge on any atom is 0.124 e. The normalized spacial score (nSPS) is 11.9. The number of nitrogens with zero attached hydrogens (tertiary/aromatic N) is 4. The fourth-order valence-electron chi connectivity index (χ4n) is 4.38. The Balaban J connectivity index is 1.44. The molecule has 9 heteroatoms. The van der Waals surface area contributed by atoms with E-state index in [0.29, 0.717) is 6.54 Å². The van der Waals surface area contributed by atoms with Crippen molar-refractivity contribution in [2.45, 2.75) is 6.54 Å². The molecule has 0 spiro atoms. The van der Waals surface area contributed by atoms with Gasteiger partial charge < -0.3 is 4.98 Å². The van der Waals surface area contributed by atoms with Gasteiger partial charge in [0.2, 0.25) is 0 Å². The van der Waals surface area contributed by atoms with E-state index >= 15 is 0 Å². The molecule has 0 bridgehead atoms. The summed E-state index contributed by atoms with van der Waals surface area (Å²) in [6.07, 6.45) is 10.8. The van der Waals surface area contributed by atoms with Gasteiger partial charge in [0, 0.05) is 47.0 Å². The lowest BCUT2D eigenvalue weighted by Gasteiger charge is -2.12. The van der Waals surface area contributed by atoms with E-state index in [1.807, 2.05) is 36.6 Å². The smallest absolute Gasteiger partial charge is 0.124 e. The van der Waals surface area contributed by atoms with Gasteiger partial charge in [0.15, 0.2) is 0 Å². The van der Waals surface area contributed by atoms with Crippen molar-refractivity contribution in [3.63, 3.8) is 0 Å².